The summed E-state index contributed by atoms with van der Waals surface area (Å²) in [5.74, 6) is -0.217. The van der Waals surface area contributed by atoms with Gasteiger partial charge in [0.1, 0.15) is 0 Å². The largest absolute Gasteiger partial charge is 0.308 e. The molecule has 0 spiro atoms. The van der Waals surface area contributed by atoms with Gasteiger partial charge in [-0.3, -0.25) is 9.69 Å². The van der Waals surface area contributed by atoms with Crippen LogP contribution in [0.2, 0.25) is 5.02 Å². The highest BCUT2D eigenvalue weighted by Crippen LogP contribution is 2.31. The van der Waals surface area contributed by atoms with Crippen molar-refractivity contribution < 1.29 is 13.2 Å². The first-order valence-corrected chi connectivity index (χ1v) is 14.0. The zero-order valence-electron chi connectivity index (χ0n) is 19.8. The van der Waals surface area contributed by atoms with Gasteiger partial charge in [-0.1, -0.05) is 35.8 Å². The van der Waals surface area contributed by atoms with Gasteiger partial charge in [0, 0.05) is 36.8 Å². The van der Waals surface area contributed by atoms with Crippen LogP contribution in [0.3, 0.4) is 0 Å². The molecule has 2 heterocycles. The van der Waals surface area contributed by atoms with E-state index in [1.807, 2.05) is 31.1 Å². The topological polar surface area (TPSA) is 73.8 Å². The van der Waals surface area contributed by atoms with Crippen molar-refractivity contribution in [3.8, 4) is 0 Å². The molecule has 1 fully saturated rings. The second-order valence-electron chi connectivity index (χ2n) is 8.71. The fourth-order valence-corrected chi connectivity index (χ4v) is 6.73. The van der Waals surface area contributed by atoms with Gasteiger partial charge in [0.25, 0.3) is 5.91 Å². The van der Waals surface area contributed by atoms with Gasteiger partial charge in [-0.2, -0.15) is 4.31 Å². The van der Waals surface area contributed by atoms with E-state index >= 15 is 0 Å². The molecule has 0 unspecified atom stereocenters. The minimum atomic E-state index is -3.56. The van der Waals surface area contributed by atoms with Crippen LogP contribution in [0.25, 0.3) is 10.2 Å². The van der Waals surface area contributed by atoms with Gasteiger partial charge in [0.05, 0.1) is 15.1 Å². The van der Waals surface area contributed by atoms with Crippen molar-refractivity contribution in [3.05, 3.63) is 53.1 Å². The number of hydrogen-bond donors (Lipinski definition) is 0. The quantitative estimate of drug-likeness (QED) is 0.402. The van der Waals surface area contributed by atoms with E-state index in [2.05, 4.69) is 4.98 Å². The molecule has 0 atom stereocenters. The van der Waals surface area contributed by atoms with Crippen LogP contribution in [0.15, 0.2) is 47.4 Å². The first-order valence-electron chi connectivity index (χ1n) is 11.4. The van der Waals surface area contributed by atoms with Crippen molar-refractivity contribution in [2.24, 2.45) is 0 Å². The third-order valence-corrected chi connectivity index (χ3v) is 9.08. The molecule has 1 amide bonds. The Balaban J connectivity index is 0.00000342. The number of likely N-dealkylation sites (N-methyl/N-ethyl adjacent to an activating group) is 1. The Morgan fingerprint density at radius 3 is 2.31 bits per heavy atom. The number of thiazole rings is 1. The molecular formula is C24H30Cl2N4O3S2. The summed E-state index contributed by atoms with van der Waals surface area (Å²) < 4.78 is 28.6. The van der Waals surface area contributed by atoms with E-state index in [4.69, 9.17) is 11.6 Å². The molecular weight excluding hydrogens is 527 g/mol. The van der Waals surface area contributed by atoms with Crippen molar-refractivity contribution >= 4 is 66.6 Å². The molecule has 4 rings (SSSR count). The number of hydrogen-bond acceptors (Lipinski definition) is 6. The number of benzene rings is 2. The molecule has 7 nitrogen and oxygen atoms in total. The average molecular weight is 558 g/mol. The highest BCUT2D eigenvalue weighted by Gasteiger charge is 2.26. The van der Waals surface area contributed by atoms with Crippen molar-refractivity contribution in [2.75, 3.05) is 45.2 Å². The summed E-state index contributed by atoms with van der Waals surface area (Å²) >= 11 is 7.54. The van der Waals surface area contributed by atoms with Crippen LogP contribution in [-0.2, 0) is 10.0 Å². The highest BCUT2D eigenvalue weighted by atomic mass is 35.5. The molecule has 1 aliphatic rings. The molecule has 190 valence electrons. The molecule has 0 saturated carbocycles. The average Bonchev–Trinajstić information content (AvgIpc) is 3.02. The van der Waals surface area contributed by atoms with Crippen LogP contribution in [0.5, 0.6) is 0 Å². The van der Waals surface area contributed by atoms with Gasteiger partial charge in [-0.15, -0.1) is 12.4 Å². The standard InChI is InChI=1S/C24H29ClN4O3S2.ClH/c1-27(2)15-16-29(24-26-21-12-9-19(25)17-22(21)33-24)23(30)18-7-10-20(11-8-18)34(31,32)28-13-5-3-4-6-14-28;/h7-12,17H,3-6,13-16H2,1-2H3;1H. The minimum Gasteiger partial charge on any atom is -0.308 e. The summed E-state index contributed by atoms with van der Waals surface area (Å²) in [6.45, 7) is 2.20. The number of carbonyl (C=O) groups excluding carboxylic acids is 1. The summed E-state index contributed by atoms with van der Waals surface area (Å²) in [6, 6.07) is 11.7. The highest BCUT2D eigenvalue weighted by molar-refractivity contribution is 7.89. The Labute approximate surface area is 222 Å². The van der Waals surface area contributed by atoms with Gasteiger partial charge in [0.2, 0.25) is 10.0 Å². The van der Waals surface area contributed by atoms with Crippen molar-refractivity contribution in [1.82, 2.24) is 14.2 Å². The number of aromatic nitrogens is 1. The summed E-state index contributed by atoms with van der Waals surface area (Å²) in [6.07, 6.45) is 3.87. The maximum Gasteiger partial charge on any atom is 0.260 e. The lowest BCUT2D eigenvalue weighted by Gasteiger charge is -2.22. The molecule has 3 aromatic rings. The Morgan fingerprint density at radius 1 is 1.03 bits per heavy atom. The molecule has 0 radical (unpaired) electrons. The molecule has 1 aliphatic heterocycles. The Bertz CT molecular complexity index is 1260. The van der Waals surface area contributed by atoms with Crippen LogP contribution < -0.4 is 4.90 Å². The van der Waals surface area contributed by atoms with E-state index in [-0.39, 0.29) is 23.2 Å². The lowest BCUT2D eigenvalue weighted by Crippen LogP contribution is -2.36. The molecule has 35 heavy (non-hydrogen) atoms. The predicted molar refractivity (Wildman–Crippen MR) is 146 cm³/mol. The molecule has 2 aromatic carbocycles. The first kappa shape index (κ1) is 27.8. The number of rotatable bonds is 7. The molecule has 1 saturated heterocycles. The summed E-state index contributed by atoms with van der Waals surface area (Å²) in [5.41, 5.74) is 1.21. The van der Waals surface area contributed by atoms with E-state index in [0.29, 0.717) is 41.9 Å². The molecule has 0 N–H and O–H groups in total. The van der Waals surface area contributed by atoms with Gasteiger partial charge < -0.3 is 4.90 Å². The van der Waals surface area contributed by atoms with Crippen LogP contribution in [0.1, 0.15) is 36.0 Å². The molecule has 1 aromatic heterocycles. The van der Waals surface area contributed by atoms with Crippen LogP contribution in [-0.4, -0.2) is 68.8 Å². The monoisotopic (exact) mass is 556 g/mol. The molecule has 11 heteroatoms. The number of amides is 1. The molecule has 0 aliphatic carbocycles. The smallest absolute Gasteiger partial charge is 0.260 e. The van der Waals surface area contributed by atoms with E-state index in [1.165, 1.54) is 23.5 Å². The fourth-order valence-electron chi connectivity index (χ4n) is 3.94. The Morgan fingerprint density at radius 2 is 1.69 bits per heavy atom. The number of sulfonamides is 1. The minimum absolute atomic E-state index is 0. The number of halogens is 2. The normalized spacial score (nSPS) is 15.1. The number of carbonyl (C=O) groups is 1. The number of nitrogens with zero attached hydrogens (tertiary/aromatic N) is 4. The van der Waals surface area contributed by atoms with Crippen LogP contribution in [0.4, 0.5) is 5.13 Å². The van der Waals surface area contributed by atoms with E-state index in [0.717, 1.165) is 35.9 Å². The van der Waals surface area contributed by atoms with Gasteiger partial charge in [0.15, 0.2) is 5.13 Å². The summed E-state index contributed by atoms with van der Waals surface area (Å²) in [5, 5.41) is 1.21. The lowest BCUT2D eigenvalue weighted by molar-refractivity contribution is 0.0985. The third-order valence-electron chi connectivity index (χ3n) is 5.89. The van der Waals surface area contributed by atoms with E-state index in [1.54, 1.807) is 27.4 Å². The Kier molecular flexibility index (Phi) is 9.53. The SMILES string of the molecule is CN(C)CCN(C(=O)c1ccc(S(=O)(=O)N2CCCCCC2)cc1)c1nc2ccc(Cl)cc2s1.Cl. The maximum absolute atomic E-state index is 13.5. The van der Waals surface area contributed by atoms with Gasteiger partial charge in [-0.25, -0.2) is 13.4 Å². The van der Waals surface area contributed by atoms with Gasteiger partial charge in [-0.05, 0) is 69.4 Å². The van der Waals surface area contributed by atoms with E-state index in [9.17, 15) is 13.2 Å². The van der Waals surface area contributed by atoms with Gasteiger partial charge >= 0.3 is 0 Å². The van der Waals surface area contributed by atoms with E-state index < -0.39 is 10.0 Å². The summed E-state index contributed by atoms with van der Waals surface area (Å²) in [4.78, 5) is 22.0. The summed E-state index contributed by atoms with van der Waals surface area (Å²) in [7, 11) is 0.331. The second kappa shape index (κ2) is 12.0. The van der Waals surface area contributed by atoms with Crippen molar-refractivity contribution in [3.63, 3.8) is 0 Å². The third kappa shape index (κ3) is 6.53. The maximum atomic E-state index is 13.5. The number of anilines is 1. The van der Waals surface area contributed by atoms with Crippen LogP contribution in [0, 0.1) is 0 Å². The van der Waals surface area contributed by atoms with Crippen LogP contribution >= 0.6 is 35.3 Å². The first-order chi connectivity index (χ1) is 16.3. The number of fused-ring (bicyclic) bond motifs is 1. The van der Waals surface area contributed by atoms with Crippen molar-refractivity contribution in [1.29, 1.82) is 0 Å². The predicted octanol–water partition coefficient (Wildman–Crippen LogP) is 5.14. The fraction of sp³-hybridized carbons (Fsp3) is 0.417. The Hall–Kier alpha value is -1.75. The zero-order valence-corrected chi connectivity index (χ0v) is 23.0. The zero-order chi connectivity index (χ0) is 24.3. The lowest BCUT2D eigenvalue weighted by atomic mass is 10.2. The molecule has 0 bridgehead atoms. The second-order valence-corrected chi connectivity index (χ2v) is 12.1. The van der Waals surface area contributed by atoms with Crippen molar-refractivity contribution in [2.45, 2.75) is 30.6 Å².